The number of hydrogen-bond acceptors (Lipinski definition) is 6. The van der Waals surface area contributed by atoms with Crippen molar-refractivity contribution in [2.24, 2.45) is 5.84 Å². The topological polar surface area (TPSA) is 70.3 Å². The summed E-state index contributed by atoms with van der Waals surface area (Å²) in [5, 5.41) is 0. The molecule has 0 amide bonds. The zero-order chi connectivity index (χ0) is 13.1. The van der Waals surface area contributed by atoms with Gasteiger partial charge in [-0.25, -0.2) is 15.8 Å². The van der Waals surface area contributed by atoms with Gasteiger partial charge in [-0.05, 0) is 27.4 Å². The van der Waals surface area contributed by atoms with Crippen LogP contribution >= 0.6 is 0 Å². The monoisotopic (exact) mass is 250 g/mol. The third-order valence-corrected chi connectivity index (χ3v) is 3.39. The van der Waals surface area contributed by atoms with Crippen LogP contribution in [0.5, 0.6) is 0 Å². The van der Waals surface area contributed by atoms with E-state index in [0.717, 1.165) is 31.2 Å². The fourth-order valence-electron chi connectivity index (χ4n) is 2.35. The minimum atomic E-state index is 0.641. The lowest BCUT2D eigenvalue weighted by atomic mass is 10.2. The Morgan fingerprint density at radius 3 is 2.89 bits per heavy atom. The molecule has 1 aromatic heterocycles. The Hall–Kier alpha value is -1.24. The highest BCUT2D eigenvalue weighted by Gasteiger charge is 2.24. The van der Waals surface area contributed by atoms with Crippen molar-refractivity contribution >= 4 is 5.82 Å². The number of hydrazine groups is 1. The maximum absolute atomic E-state index is 5.40. The van der Waals surface area contributed by atoms with Crippen LogP contribution in [0, 0.1) is 6.92 Å². The first-order valence-corrected chi connectivity index (χ1v) is 6.28. The molecule has 0 saturated carbocycles. The van der Waals surface area contributed by atoms with E-state index in [1.807, 2.05) is 13.0 Å². The molecule has 1 aromatic rings. The van der Waals surface area contributed by atoms with Gasteiger partial charge in [0, 0.05) is 30.9 Å². The van der Waals surface area contributed by atoms with Gasteiger partial charge in [0.25, 0.3) is 0 Å². The van der Waals surface area contributed by atoms with Crippen molar-refractivity contribution in [3.63, 3.8) is 0 Å². The number of rotatable bonds is 4. The molecule has 0 aliphatic carbocycles. The number of nitrogens with two attached hydrogens (primary N) is 1. The predicted molar refractivity (Wildman–Crippen MR) is 71.9 cm³/mol. The summed E-state index contributed by atoms with van der Waals surface area (Å²) in [5.41, 5.74) is 3.52. The average molecular weight is 250 g/mol. The van der Waals surface area contributed by atoms with Crippen molar-refractivity contribution in [2.45, 2.75) is 25.9 Å². The fraction of sp³-hybridized carbons (Fsp3) is 0.667. The second-order valence-corrected chi connectivity index (χ2v) is 5.10. The summed E-state index contributed by atoms with van der Waals surface area (Å²) in [7, 11) is 4.27. The molecule has 6 heteroatoms. The van der Waals surface area contributed by atoms with Crippen molar-refractivity contribution in [3.8, 4) is 0 Å². The number of nitrogens with one attached hydrogen (secondary N) is 1. The standard InChI is InChI=1S/C12H22N6/c1-9-6-11(16-13)15-12(14-9)8-18-5-4-10(7-18)17(2)3/h6,10H,4-5,7-8,13H2,1-3H3,(H,14,15,16). The predicted octanol–water partition coefficient (Wildman–Crippen LogP) is 0.207. The largest absolute Gasteiger partial charge is 0.308 e. The molecule has 1 atom stereocenters. The number of anilines is 1. The molecule has 0 bridgehead atoms. The smallest absolute Gasteiger partial charge is 0.145 e. The summed E-state index contributed by atoms with van der Waals surface area (Å²) in [6, 6.07) is 2.48. The molecule has 3 N–H and O–H groups in total. The quantitative estimate of drug-likeness (QED) is 0.588. The van der Waals surface area contributed by atoms with Crippen LogP contribution in [-0.4, -0.2) is 53.0 Å². The Kier molecular flexibility index (Phi) is 4.11. The molecular formula is C12H22N6. The molecule has 1 saturated heterocycles. The van der Waals surface area contributed by atoms with Gasteiger partial charge in [-0.15, -0.1) is 0 Å². The second kappa shape index (κ2) is 5.60. The van der Waals surface area contributed by atoms with Crippen molar-refractivity contribution in [1.29, 1.82) is 0 Å². The molecular weight excluding hydrogens is 228 g/mol. The molecule has 0 radical (unpaired) electrons. The van der Waals surface area contributed by atoms with E-state index in [4.69, 9.17) is 5.84 Å². The summed E-state index contributed by atoms with van der Waals surface area (Å²) in [6.45, 7) is 4.93. The number of hydrogen-bond donors (Lipinski definition) is 2. The maximum atomic E-state index is 5.40. The van der Waals surface area contributed by atoms with Crippen LogP contribution in [0.4, 0.5) is 5.82 Å². The summed E-state index contributed by atoms with van der Waals surface area (Å²) in [5.74, 6) is 6.91. The van der Waals surface area contributed by atoms with Gasteiger partial charge in [-0.2, -0.15) is 0 Å². The van der Waals surface area contributed by atoms with Crippen molar-refractivity contribution in [1.82, 2.24) is 19.8 Å². The summed E-state index contributed by atoms with van der Waals surface area (Å²) < 4.78 is 0. The Balaban J connectivity index is 2.00. The summed E-state index contributed by atoms with van der Waals surface area (Å²) >= 11 is 0. The first kappa shape index (κ1) is 13.2. The van der Waals surface area contributed by atoms with Crippen LogP contribution in [0.2, 0.25) is 0 Å². The molecule has 1 aliphatic heterocycles. The highest BCUT2D eigenvalue weighted by molar-refractivity contribution is 5.33. The molecule has 0 spiro atoms. The zero-order valence-corrected chi connectivity index (χ0v) is 11.3. The Labute approximate surface area is 108 Å². The van der Waals surface area contributed by atoms with Crippen LogP contribution in [-0.2, 0) is 6.54 Å². The van der Waals surface area contributed by atoms with Crippen molar-refractivity contribution < 1.29 is 0 Å². The minimum Gasteiger partial charge on any atom is -0.308 e. The van der Waals surface area contributed by atoms with Gasteiger partial charge >= 0.3 is 0 Å². The molecule has 0 aromatic carbocycles. The van der Waals surface area contributed by atoms with E-state index in [-0.39, 0.29) is 0 Å². The fourth-order valence-corrected chi connectivity index (χ4v) is 2.35. The van der Waals surface area contributed by atoms with Crippen LogP contribution in [0.25, 0.3) is 0 Å². The highest BCUT2D eigenvalue weighted by Crippen LogP contribution is 2.15. The van der Waals surface area contributed by atoms with E-state index in [1.165, 1.54) is 6.42 Å². The second-order valence-electron chi connectivity index (χ2n) is 5.10. The third kappa shape index (κ3) is 3.16. The van der Waals surface area contributed by atoms with Crippen LogP contribution < -0.4 is 11.3 Å². The normalized spacial score (nSPS) is 20.6. The van der Waals surface area contributed by atoms with Gasteiger partial charge in [-0.3, -0.25) is 4.90 Å². The molecule has 100 valence electrons. The lowest BCUT2D eigenvalue weighted by molar-refractivity contribution is 0.261. The average Bonchev–Trinajstić information content (AvgIpc) is 2.76. The zero-order valence-electron chi connectivity index (χ0n) is 11.3. The van der Waals surface area contributed by atoms with E-state index in [0.29, 0.717) is 11.9 Å². The first-order chi connectivity index (χ1) is 8.58. The SMILES string of the molecule is Cc1cc(NN)nc(CN2CCC(N(C)C)C2)n1. The number of likely N-dealkylation sites (tertiary alicyclic amines) is 1. The molecule has 2 rings (SSSR count). The van der Waals surface area contributed by atoms with Gasteiger partial charge in [0.15, 0.2) is 0 Å². The number of aryl methyl sites for hydroxylation is 1. The number of nitrogen functional groups attached to an aromatic ring is 1. The lowest BCUT2D eigenvalue weighted by Crippen LogP contribution is -2.31. The minimum absolute atomic E-state index is 0.641. The van der Waals surface area contributed by atoms with Crippen LogP contribution in [0.3, 0.4) is 0 Å². The number of likely N-dealkylation sites (N-methyl/N-ethyl adjacent to an activating group) is 1. The van der Waals surface area contributed by atoms with E-state index < -0.39 is 0 Å². The first-order valence-electron chi connectivity index (χ1n) is 6.28. The maximum Gasteiger partial charge on any atom is 0.145 e. The number of aromatic nitrogens is 2. The number of nitrogens with zero attached hydrogens (tertiary/aromatic N) is 4. The Bertz CT molecular complexity index is 406. The highest BCUT2D eigenvalue weighted by atomic mass is 15.3. The summed E-state index contributed by atoms with van der Waals surface area (Å²) in [4.78, 5) is 13.5. The molecule has 6 nitrogen and oxygen atoms in total. The van der Waals surface area contributed by atoms with Gasteiger partial charge in [0.05, 0.1) is 6.54 Å². The van der Waals surface area contributed by atoms with Crippen molar-refractivity contribution in [2.75, 3.05) is 32.6 Å². The molecule has 18 heavy (non-hydrogen) atoms. The van der Waals surface area contributed by atoms with Crippen molar-refractivity contribution in [3.05, 3.63) is 17.6 Å². The third-order valence-electron chi connectivity index (χ3n) is 3.39. The molecule has 1 fully saturated rings. The van der Waals surface area contributed by atoms with E-state index in [1.54, 1.807) is 0 Å². The summed E-state index contributed by atoms with van der Waals surface area (Å²) in [6.07, 6.45) is 1.21. The van der Waals surface area contributed by atoms with Crippen LogP contribution in [0.15, 0.2) is 6.07 Å². The van der Waals surface area contributed by atoms with Crippen LogP contribution in [0.1, 0.15) is 17.9 Å². The van der Waals surface area contributed by atoms with Gasteiger partial charge in [0.1, 0.15) is 11.6 Å². The van der Waals surface area contributed by atoms with Gasteiger partial charge in [0.2, 0.25) is 0 Å². The van der Waals surface area contributed by atoms with E-state index in [2.05, 4.69) is 39.3 Å². The van der Waals surface area contributed by atoms with Gasteiger partial charge in [-0.1, -0.05) is 0 Å². The Morgan fingerprint density at radius 2 is 2.28 bits per heavy atom. The molecule has 1 unspecified atom stereocenters. The van der Waals surface area contributed by atoms with E-state index >= 15 is 0 Å². The molecule has 1 aliphatic rings. The van der Waals surface area contributed by atoms with E-state index in [9.17, 15) is 0 Å². The molecule has 2 heterocycles. The Morgan fingerprint density at radius 1 is 1.50 bits per heavy atom. The lowest BCUT2D eigenvalue weighted by Gasteiger charge is -2.20. The van der Waals surface area contributed by atoms with Gasteiger partial charge < -0.3 is 10.3 Å².